The van der Waals surface area contributed by atoms with Crippen LogP contribution >= 0.6 is 0 Å². The maximum absolute atomic E-state index is 5.81. The fourth-order valence-corrected chi connectivity index (χ4v) is 2.53. The first-order valence-electron chi connectivity index (χ1n) is 8.56. The van der Waals surface area contributed by atoms with Crippen LogP contribution in [0.2, 0.25) is 0 Å². The van der Waals surface area contributed by atoms with Gasteiger partial charge in [-0.05, 0) is 54.4 Å². The Morgan fingerprint density at radius 3 is 2.24 bits per heavy atom. The summed E-state index contributed by atoms with van der Waals surface area (Å²) in [7, 11) is 0. The Kier molecular flexibility index (Phi) is 5.94. The molecule has 0 atom stereocenters. The maximum Gasteiger partial charge on any atom is 0.119 e. The van der Waals surface area contributed by atoms with E-state index in [0.717, 1.165) is 23.7 Å². The third-order valence-corrected chi connectivity index (χ3v) is 3.81. The standard InChI is InChI=1S/C22H23NO2/c1-2-24-22-10-6-9-19(15-22)16-23-20-11-13-21(14-12-20)25-17-18-7-4-3-5-8-18/h3-15,23H,2,16-17H2,1H3. The van der Waals surface area contributed by atoms with Crippen LogP contribution in [0.5, 0.6) is 11.5 Å². The molecule has 0 aliphatic rings. The second kappa shape index (κ2) is 8.78. The molecule has 3 aromatic rings. The first-order valence-corrected chi connectivity index (χ1v) is 8.56. The van der Waals surface area contributed by atoms with Gasteiger partial charge in [-0.15, -0.1) is 0 Å². The summed E-state index contributed by atoms with van der Waals surface area (Å²) in [6.45, 7) is 4.01. The van der Waals surface area contributed by atoms with Crippen molar-refractivity contribution in [3.63, 3.8) is 0 Å². The number of hydrogen-bond donors (Lipinski definition) is 1. The van der Waals surface area contributed by atoms with E-state index in [4.69, 9.17) is 9.47 Å². The first-order chi connectivity index (χ1) is 12.3. The van der Waals surface area contributed by atoms with E-state index < -0.39 is 0 Å². The van der Waals surface area contributed by atoms with Crippen molar-refractivity contribution in [2.24, 2.45) is 0 Å². The van der Waals surface area contributed by atoms with Gasteiger partial charge in [0.15, 0.2) is 0 Å². The predicted octanol–water partition coefficient (Wildman–Crippen LogP) is 5.28. The Bertz CT molecular complexity index is 770. The number of hydrogen-bond acceptors (Lipinski definition) is 3. The van der Waals surface area contributed by atoms with Gasteiger partial charge >= 0.3 is 0 Å². The average Bonchev–Trinajstić information content (AvgIpc) is 2.67. The molecule has 0 spiro atoms. The second-order valence-electron chi connectivity index (χ2n) is 5.73. The lowest BCUT2D eigenvalue weighted by Gasteiger charge is -2.10. The smallest absolute Gasteiger partial charge is 0.119 e. The van der Waals surface area contributed by atoms with Crippen LogP contribution in [0.3, 0.4) is 0 Å². The Labute approximate surface area is 149 Å². The molecule has 3 aromatic carbocycles. The first kappa shape index (κ1) is 16.9. The van der Waals surface area contributed by atoms with Crippen molar-refractivity contribution in [2.45, 2.75) is 20.1 Å². The van der Waals surface area contributed by atoms with Crippen molar-refractivity contribution in [1.29, 1.82) is 0 Å². The SMILES string of the molecule is CCOc1cccc(CNc2ccc(OCc3ccccc3)cc2)c1. The highest BCUT2D eigenvalue weighted by molar-refractivity contribution is 5.47. The lowest BCUT2D eigenvalue weighted by Crippen LogP contribution is -2.00. The van der Waals surface area contributed by atoms with E-state index in [1.54, 1.807) is 0 Å². The lowest BCUT2D eigenvalue weighted by molar-refractivity contribution is 0.306. The van der Waals surface area contributed by atoms with Gasteiger partial charge in [0, 0.05) is 12.2 Å². The van der Waals surface area contributed by atoms with Crippen molar-refractivity contribution in [1.82, 2.24) is 0 Å². The molecule has 0 saturated carbocycles. The summed E-state index contributed by atoms with van der Waals surface area (Å²) in [5.41, 5.74) is 3.42. The minimum atomic E-state index is 0.581. The molecule has 0 aliphatic carbocycles. The minimum Gasteiger partial charge on any atom is -0.494 e. The van der Waals surface area contributed by atoms with Gasteiger partial charge in [0.25, 0.3) is 0 Å². The topological polar surface area (TPSA) is 30.5 Å². The number of ether oxygens (including phenoxy) is 2. The molecule has 3 rings (SSSR count). The van der Waals surface area contributed by atoms with Crippen LogP contribution < -0.4 is 14.8 Å². The van der Waals surface area contributed by atoms with E-state index in [2.05, 4.69) is 29.6 Å². The van der Waals surface area contributed by atoms with E-state index >= 15 is 0 Å². The number of benzene rings is 3. The molecule has 1 N–H and O–H groups in total. The van der Waals surface area contributed by atoms with Gasteiger partial charge in [-0.25, -0.2) is 0 Å². The third-order valence-electron chi connectivity index (χ3n) is 3.81. The van der Waals surface area contributed by atoms with Crippen molar-refractivity contribution in [3.05, 3.63) is 90.0 Å². The number of nitrogens with one attached hydrogen (secondary N) is 1. The van der Waals surface area contributed by atoms with Gasteiger partial charge in [0.05, 0.1) is 6.61 Å². The van der Waals surface area contributed by atoms with E-state index in [-0.39, 0.29) is 0 Å². The summed E-state index contributed by atoms with van der Waals surface area (Å²) in [4.78, 5) is 0. The molecule has 0 saturated heterocycles. The Balaban J connectivity index is 1.51. The van der Waals surface area contributed by atoms with Crippen LogP contribution in [-0.4, -0.2) is 6.61 Å². The monoisotopic (exact) mass is 333 g/mol. The third kappa shape index (κ3) is 5.28. The molecule has 3 nitrogen and oxygen atoms in total. The summed E-state index contributed by atoms with van der Waals surface area (Å²) >= 11 is 0. The van der Waals surface area contributed by atoms with Crippen LogP contribution in [0, 0.1) is 0 Å². The fourth-order valence-electron chi connectivity index (χ4n) is 2.53. The van der Waals surface area contributed by atoms with E-state index in [1.807, 2.05) is 61.5 Å². The normalized spacial score (nSPS) is 10.3. The molecule has 0 amide bonds. The second-order valence-corrected chi connectivity index (χ2v) is 5.73. The van der Waals surface area contributed by atoms with Crippen molar-refractivity contribution < 1.29 is 9.47 Å². The highest BCUT2D eigenvalue weighted by atomic mass is 16.5. The molecule has 0 fully saturated rings. The van der Waals surface area contributed by atoms with Crippen LogP contribution in [0.25, 0.3) is 0 Å². The van der Waals surface area contributed by atoms with Crippen LogP contribution in [-0.2, 0) is 13.2 Å². The molecule has 25 heavy (non-hydrogen) atoms. The maximum atomic E-state index is 5.81. The molecule has 3 heteroatoms. The van der Waals surface area contributed by atoms with Crippen molar-refractivity contribution in [3.8, 4) is 11.5 Å². The quantitative estimate of drug-likeness (QED) is 0.608. The molecule has 0 heterocycles. The highest BCUT2D eigenvalue weighted by Gasteiger charge is 1.99. The summed E-state index contributed by atoms with van der Waals surface area (Å²) in [5.74, 6) is 1.78. The van der Waals surface area contributed by atoms with Gasteiger partial charge in [-0.2, -0.15) is 0 Å². The number of anilines is 1. The van der Waals surface area contributed by atoms with Gasteiger partial charge in [-0.1, -0.05) is 42.5 Å². The molecule has 0 unspecified atom stereocenters. The van der Waals surface area contributed by atoms with Crippen LogP contribution in [0.15, 0.2) is 78.9 Å². The minimum absolute atomic E-state index is 0.581. The van der Waals surface area contributed by atoms with Crippen molar-refractivity contribution >= 4 is 5.69 Å². The zero-order valence-electron chi connectivity index (χ0n) is 14.4. The zero-order chi connectivity index (χ0) is 17.3. The molecule has 0 aromatic heterocycles. The Morgan fingerprint density at radius 1 is 0.720 bits per heavy atom. The Hall–Kier alpha value is -2.94. The van der Waals surface area contributed by atoms with Gasteiger partial charge in [0.2, 0.25) is 0 Å². The molecular formula is C22H23NO2. The average molecular weight is 333 g/mol. The zero-order valence-corrected chi connectivity index (χ0v) is 14.4. The largest absolute Gasteiger partial charge is 0.494 e. The summed E-state index contributed by atoms with van der Waals surface area (Å²) in [6.07, 6.45) is 0. The summed E-state index contributed by atoms with van der Waals surface area (Å²) in [6, 6.07) is 26.4. The Morgan fingerprint density at radius 2 is 1.48 bits per heavy atom. The van der Waals surface area contributed by atoms with E-state index in [1.165, 1.54) is 11.1 Å². The summed E-state index contributed by atoms with van der Waals surface area (Å²) in [5, 5.41) is 3.42. The van der Waals surface area contributed by atoms with E-state index in [9.17, 15) is 0 Å². The van der Waals surface area contributed by atoms with Crippen LogP contribution in [0.1, 0.15) is 18.1 Å². The van der Waals surface area contributed by atoms with Gasteiger partial charge in [-0.3, -0.25) is 0 Å². The predicted molar refractivity (Wildman–Crippen MR) is 102 cm³/mol. The molecule has 0 radical (unpaired) electrons. The molecule has 128 valence electrons. The molecule has 0 bridgehead atoms. The van der Waals surface area contributed by atoms with Gasteiger partial charge in [0.1, 0.15) is 18.1 Å². The fraction of sp³-hybridized carbons (Fsp3) is 0.182. The molecule has 0 aliphatic heterocycles. The summed E-state index contributed by atoms with van der Waals surface area (Å²) < 4.78 is 11.3. The van der Waals surface area contributed by atoms with Crippen LogP contribution in [0.4, 0.5) is 5.69 Å². The van der Waals surface area contributed by atoms with Crippen molar-refractivity contribution in [2.75, 3.05) is 11.9 Å². The van der Waals surface area contributed by atoms with Gasteiger partial charge < -0.3 is 14.8 Å². The highest BCUT2D eigenvalue weighted by Crippen LogP contribution is 2.19. The molecular weight excluding hydrogens is 310 g/mol. The van der Waals surface area contributed by atoms with E-state index in [0.29, 0.717) is 13.2 Å². The lowest BCUT2D eigenvalue weighted by atomic mass is 10.2. The number of rotatable bonds is 8.